The van der Waals surface area contributed by atoms with Crippen LogP contribution < -0.4 is 0 Å². The largest absolute Gasteiger partial charge is 0.510 e. The average Bonchev–Trinajstić information content (AvgIpc) is 2.88. The molecule has 6 nitrogen and oxygen atoms in total. The maximum Gasteiger partial charge on any atom is 0.414 e. The van der Waals surface area contributed by atoms with Crippen LogP contribution in [0, 0.1) is 0 Å². The predicted octanol–water partition coefficient (Wildman–Crippen LogP) is 2.36. The first-order valence-electron chi connectivity index (χ1n) is 6.71. The Hall–Kier alpha value is -2.50. The van der Waals surface area contributed by atoms with E-state index in [0.717, 1.165) is 10.5 Å². The van der Waals surface area contributed by atoms with E-state index in [0.29, 0.717) is 0 Å². The first kappa shape index (κ1) is 14.9. The van der Waals surface area contributed by atoms with Gasteiger partial charge in [-0.15, -0.1) is 0 Å². The molecule has 1 aliphatic rings. The zero-order valence-electron chi connectivity index (χ0n) is 11.7. The maximum absolute atomic E-state index is 12.0. The van der Waals surface area contributed by atoms with Crippen LogP contribution in [0.1, 0.15) is 18.9 Å². The normalized spacial score (nSPS) is 14.2. The molecule has 0 unspecified atom stereocenters. The third-order valence-corrected chi connectivity index (χ3v) is 3.01. The molecular formula is C15H17NO5. The first-order chi connectivity index (χ1) is 10.1. The second-order valence-corrected chi connectivity index (χ2v) is 4.46. The van der Waals surface area contributed by atoms with Gasteiger partial charge in [0.25, 0.3) is 0 Å². The summed E-state index contributed by atoms with van der Waals surface area (Å²) in [5.41, 5.74) is 0.714. The molecule has 1 amide bonds. The molecule has 1 N–H and O–H groups in total. The van der Waals surface area contributed by atoms with E-state index in [-0.39, 0.29) is 37.6 Å². The number of benzene rings is 1. The van der Waals surface area contributed by atoms with E-state index >= 15 is 0 Å². The Morgan fingerprint density at radius 2 is 1.95 bits per heavy atom. The van der Waals surface area contributed by atoms with Crippen molar-refractivity contribution < 1.29 is 24.2 Å². The van der Waals surface area contributed by atoms with Crippen molar-refractivity contribution in [1.29, 1.82) is 0 Å². The number of esters is 1. The summed E-state index contributed by atoms with van der Waals surface area (Å²) >= 11 is 0. The van der Waals surface area contributed by atoms with Crippen molar-refractivity contribution in [3.63, 3.8) is 0 Å². The van der Waals surface area contributed by atoms with E-state index in [2.05, 4.69) is 0 Å². The number of rotatable bonds is 4. The first-order valence-corrected chi connectivity index (χ1v) is 6.71. The lowest BCUT2D eigenvalue weighted by atomic mass is 10.2. The molecule has 0 fully saturated rings. The zero-order chi connectivity index (χ0) is 15.2. The van der Waals surface area contributed by atoms with Crippen LogP contribution in [0.25, 0.3) is 0 Å². The third-order valence-electron chi connectivity index (χ3n) is 3.01. The van der Waals surface area contributed by atoms with Gasteiger partial charge in [0, 0.05) is 13.0 Å². The van der Waals surface area contributed by atoms with Crippen LogP contribution in [0.15, 0.2) is 41.8 Å². The van der Waals surface area contributed by atoms with E-state index in [1.165, 1.54) is 0 Å². The van der Waals surface area contributed by atoms with Crippen molar-refractivity contribution in [2.45, 2.75) is 20.0 Å². The molecule has 1 aliphatic heterocycles. The Morgan fingerprint density at radius 1 is 1.24 bits per heavy atom. The third kappa shape index (κ3) is 3.53. The maximum atomic E-state index is 12.0. The smallest absolute Gasteiger partial charge is 0.414 e. The summed E-state index contributed by atoms with van der Waals surface area (Å²) in [6.45, 7) is 2.13. The highest BCUT2D eigenvalue weighted by molar-refractivity contribution is 5.93. The molecule has 0 aromatic heterocycles. The molecular weight excluding hydrogens is 274 g/mol. The Balaban J connectivity index is 2.00. The van der Waals surface area contributed by atoms with Gasteiger partial charge in [-0.1, -0.05) is 30.3 Å². The van der Waals surface area contributed by atoms with E-state index in [1.54, 1.807) is 6.92 Å². The Morgan fingerprint density at radius 3 is 2.62 bits per heavy atom. The minimum atomic E-state index is -0.718. The molecule has 0 saturated heterocycles. The van der Waals surface area contributed by atoms with Gasteiger partial charge >= 0.3 is 12.1 Å². The van der Waals surface area contributed by atoms with Crippen LogP contribution in [0.3, 0.4) is 0 Å². The number of hydrogen-bond acceptors (Lipinski definition) is 5. The quantitative estimate of drug-likeness (QED) is 0.862. The molecule has 1 heterocycles. The molecule has 1 aromatic carbocycles. The van der Waals surface area contributed by atoms with Gasteiger partial charge < -0.3 is 14.6 Å². The van der Waals surface area contributed by atoms with Gasteiger partial charge in [0.05, 0.1) is 6.61 Å². The number of amides is 1. The summed E-state index contributed by atoms with van der Waals surface area (Å²) < 4.78 is 9.99. The Labute approximate surface area is 122 Å². The predicted molar refractivity (Wildman–Crippen MR) is 74.2 cm³/mol. The molecule has 0 bridgehead atoms. The van der Waals surface area contributed by atoms with Crippen LogP contribution in [-0.2, 0) is 20.9 Å². The summed E-state index contributed by atoms with van der Waals surface area (Å²) in [5, 5.41) is 9.72. The van der Waals surface area contributed by atoms with Gasteiger partial charge in [-0.25, -0.2) is 9.59 Å². The second-order valence-electron chi connectivity index (χ2n) is 4.46. The molecule has 0 saturated carbocycles. The Kier molecular flexibility index (Phi) is 4.81. The minimum Gasteiger partial charge on any atom is -0.510 e. The lowest BCUT2D eigenvalue weighted by Crippen LogP contribution is -2.32. The number of carbonyl (C=O) groups excluding carboxylic acids is 2. The van der Waals surface area contributed by atoms with E-state index < -0.39 is 12.1 Å². The fourth-order valence-electron chi connectivity index (χ4n) is 2.01. The topological polar surface area (TPSA) is 76.1 Å². The molecule has 21 heavy (non-hydrogen) atoms. The number of aliphatic hydroxyl groups is 1. The van der Waals surface area contributed by atoms with E-state index in [4.69, 9.17) is 9.47 Å². The molecule has 112 valence electrons. The molecule has 0 spiro atoms. The SMILES string of the molecule is CCOC(=O)C1=C(O)CCN1C(=O)OCc1ccccc1. The fourth-order valence-corrected chi connectivity index (χ4v) is 2.01. The van der Waals surface area contributed by atoms with Crippen molar-refractivity contribution in [2.24, 2.45) is 0 Å². The van der Waals surface area contributed by atoms with Gasteiger partial charge in [0.1, 0.15) is 12.4 Å². The van der Waals surface area contributed by atoms with Gasteiger partial charge in [-0.2, -0.15) is 0 Å². The number of ether oxygens (including phenoxy) is 2. The molecule has 0 radical (unpaired) electrons. The van der Waals surface area contributed by atoms with Crippen LogP contribution >= 0.6 is 0 Å². The van der Waals surface area contributed by atoms with E-state index in [1.807, 2.05) is 30.3 Å². The summed E-state index contributed by atoms with van der Waals surface area (Å²) in [7, 11) is 0. The van der Waals surface area contributed by atoms with Gasteiger partial charge in [0.2, 0.25) is 0 Å². The van der Waals surface area contributed by atoms with Crippen molar-refractivity contribution in [2.75, 3.05) is 13.2 Å². The van der Waals surface area contributed by atoms with Crippen molar-refractivity contribution >= 4 is 12.1 Å². The molecule has 0 atom stereocenters. The summed E-state index contributed by atoms with van der Waals surface area (Å²) in [6, 6.07) is 9.21. The monoisotopic (exact) mass is 291 g/mol. The number of hydrogen-bond donors (Lipinski definition) is 1. The number of carbonyl (C=O) groups is 2. The van der Waals surface area contributed by atoms with Gasteiger partial charge in [0.15, 0.2) is 5.70 Å². The van der Waals surface area contributed by atoms with Crippen molar-refractivity contribution in [3.8, 4) is 0 Å². The standard InChI is InChI=1S/C15H17NO5/c1-2-20-14(18)13-12(17)8-9-16(13)15(19)21-10-11-6-4-3-5-7-11/h3-7,17H,2,8-10H2,1H3. The molecule has 2 rings (SSSR count). The average molecular weight is 291 g/mol. The molecule has 0 aliphatic carbocycles. The van der Waals surface area contributed by atoms with Crippen molar-refractivity contribution in [3.05, 3.63) is 47.4 Å². The summed E-state index contributed by atoms with van der Waals surface area (Å²) in [5.74, 6) is -0.866. The molecule has 1 aromatic rings. The summed E-state index contributed by atoms with van der Waals surface area (Å²) in [4.78, 5) is 24.9. The van der Waals surface area contributed by atoms with E-state index in [9.17, 15) is 14.7 Å². The van der Waals surface area contributed by atoms with Crippen LogP contribution in [0.5, 0.6) is 0 Å². The lowest BCUT2D eigenvalue weighted by molar-refractivity contribution is -0.140. The number of aliphatic hydroxyl groups excluding tert-OH is 1. The highest BCUT2D eigenvalue weighted by Gasteiger charge is 2.34. The minimum absolute atomic E-state index is 0.104. The molecule has 6 heteroatoms. The highest BCUT2D eigenvalue weighted by atomic mass is 16.6. The lowest BCUT2D eigenvalue weighted by Gasteiger charge is -2.18. The number of nitrogens with zero attached hydrogens (tertiary/aromatic N) is 1. The fraction of sp³-hybridized carbons (Fsp3) is 0.333. The van der Waals surface area contributed by atoms with Gasteiger partial charge in [-0.05, 0) is 12.5 Å². The Bertz CT molecular complexity index is 552. The van der Waals surface area contributed by atoms with Crippen LogP contribution in [-0.4, -0.2) is 35.2 Å². The second kappa shape index (κ2) is 6.78. The van der Waals surface area contributed by atoms with Crippen LogP contribution in [0.2, 0.25) is 0 Å². The summed E-state index contributed by atoms with van der Waals surface area (Å²) in [6.07, 6.45) is -0.458. The zero-order valence-corrected chi connectivity index (χ0v) is 11.7. The van der Waals surface area contributed by atoms with Crippen molar-refractivity contribution in [1.82, 2.24) is 4.90 Å². The van der Waals surface area contributed by atoms with Crippen LogP contribution in [0.4, 0.5) is 4.79 Å². The highest BCUT2D eigenvalue weighted by Crippen LogP contribution is 2.23. The van der Waals surface area contributed by atoms with Gasteiger partial charge in [-0.3, -0.25) is 4.90 Å².